The van der Waals surface area contributed by atoms with Crippen molar-refractivity contribution in [3.05, 3.63) is 81.5 Å². The Morgan fingerprint density at radius 3 is 2.32 bits per heavy atom. The Bertz CT molecular complexity index is 1140. The van der Waals surface area contributed by atoms with Gasteiger partial charge >= 0.3 is 0 Å². The number of likely N-dealkylation sites (N-methyl/N-ethyl adjacent to an activating group) is 1. The molecule has 8 heteroatoms. The first-order valence-corrected chi connectivity index (χ1v) is 12.2. The Morgan fingerprint density at radius 1 is 1.03 bits per heavy atom. The molecule has 0 aliphatic rings. The standard InChI is InChI=1S/C23H27N3O3S2/c1-16-7-12-20(14-17(16)2)31(28,29)25-19-10-8-18(9-11-19)23(27)24-15-21(26(3)4)22-6-5-13-30-22/h5-14,21,25H,15H2,1-4H3,(H,24,27). The molecular formula is C23H27N3O3S2. The zero-order valence-electron chi connectivity index (χ0n) is 18.0. The predicted molar refractivity (Wildman–Crippen MR) is 126 cm³/mol. The van der Waals surface area contributed by atoms with Crippen LogP contribution in [0.25, 0.3) is 0 Å². The summed E-state index contributed by atoms with van der Waals surface area (Å²) >= 11 is 1.66. The van der Waals surface area contributed by atoms with Crippen LogP contribution in [-0.4, -0.2) is 39.9 Å². The first-order chi connectivity index (χ1) is 14.7. The molecule has 0 fully saturated rings. The minimum atomic E-state index is -3.70. The number of thiophene rings is 1. The van der Waals surface area contributed by atoms with E-state index in [0.717, 1.165) is 11.1 Å². The maximum Gasteiger partial charge on any atom is 0.261 e. The van der Waals surface area contributed by atoms with Gasteiger partial charge in [0.15, 0.2) is 0 Å². The third kappa shape index (κ3) is 5.72. The van der Waals surface area contributed by atoms with Crippen molar-refractivity contribution in [2.24, 2.45) is 0 Å². The lowest BCUT2D eigenvalue weighted by Crippen LogP contribution is -2.34. The van der Waals surface area contributed by atoms with Gasteiger partial charge in [-0.15, -0.1) is 11.3 Å². The van der Waals surface area contributed by atoms with Crippen LogP contribution >= 0.6 is 11.3 Å². The first kappa shape index (κ1) is 23.0. The number of benzene rings is 2. The maximum atomic E-state index is 12.6. The summed E-state index contributed by atoms with van der Waals surface area (Å²) < 4.78 is 27.9. The topological polar surface area (TPSA) is 78.5 Å². The van der Waals surface area contributed by atoms with Gasteiger partial charge in [-0.05, 0) is 86.9 Å². The molecule has 0 aliphatic heterocycles. The molecule has 2 aromatic carbocycles. The number of rotatable bonds is 8. The van der Waals surface area contributed by atoms with Crippen molar-refractivity contribution in [3.8, 4) is 0 Å². The van der Waals surface area contributed by atoms with Crippen LogP contribution < -0.4 is 10.0 Å². The number of amides is 1. The molecule has 2 N–H and O–H groups in total. The second kappa shape index (κ2) is 9.64. The minimum absolute atomic E-state index is 0.0907. The second-order valence-corrected chi connectivity index (χ2v) is 10.3. The van der Waals surface area contributed by atoms with Gasteiger partial charge in [0.2, 0.25) is 0 Å². The van der Waals surface area contributed by atoms with Crippen molar-refractivity contribution >= 4 is 33.0 Å². The molecule has 1 unspecified atom stereocenters. The third-order valence-corrected chi connectivity index (χ3v) is 7.49. The summed E-state index contributed by atoms with van der Waals surface area (Å²) in [7, 11) is 0.262. The van der Waals surface area contributed by atoms with E-state index in [0.29, 0.717) is 17.8 Å². The summed E-state index contributed by atoms with van der Waals surface area (Å²) in [5, 5.41) is 4.98. The van der Waals surface area contributed by atoms with Crippen molar-refractivity contribution in [3.63, 3.8) is 0 Å². The van der Waals surface area contributed by atoms with Crippen molar-refractivity contribution in [1.29, 1.82) is 0 Å². The first-order valence-electron chi connectivity index (χ1n) is 9.85. The fourth-order valence-electron chi connectivity index (χ4n) is 3.09. The Morgan fingerprint density at radius 2 is 1.74 bits per heavy atom. The number of sulfonamides is 1. The van der Waals surface area contributed by atoms with Crippen molar-refractivity contribution in [2.45, 2.75) is 24.8 Å². The van der Waals surface area contributed by atoms with E-state index < -0.39 is 10.0 Å². The highest BCUT2D eigenvalue weighted by Crippen LogP contribution is 2.23. The molecule has 0 spiro atoms. The lowest BCUT2D eigenvalue weighted by molar-refractivity contribution is 0.0942. The van der Waals surface area contributed by atoms with Gasteiger partial charge in [-0.25, -0.2) is 8.42 Å². The highest BCUT2D eigenvalue weighted by Gasteiger charge is 2.18. The van der Waals surface area contributed by atoms with Crippen LogP contribution in [0.2, 0.25) is 0 Å². The Hall–Kier alpha value is -2.68. The van der Waals surface area contributed by atoms with E-state index in [9.17, 15) is 13.2 Å². The van der Waals surface area contributed by atoms with Gasteiger partial charge in [-0.2, -0.15) is 0 Å². The highest BCUT2D eigenvalue weighted by atomic mass is 32.2. The van der Waals surface area contributed by atoms with Crippen molar-refractivity contribution in [1.82, 2.24) is 10.2 Å². The summed E-state index contributed by atoms with van der Waals surface area (Å²) in [6.45, 7) is 4.29. The number of nitrogens with zero attached hydrogens (tertiary/aromatic N) is 1. The smallest absolute Gasteiger partial charge is 0.261 e. The fourth-order valence-corrected chi connectivity index (χ4v) is 5.16. The Balaban J connectivity index is 1.65. The normalized spacial score (nSPS) is 12.5. The summed E-state index contributed by atoms with van der Waals surface area (Å²) in [4.78, 5) is 16.0. The van der Waals surface area contributed by atoms with Crippen LogP contribution in [0.1, 0.15) is 32.4 Å². The molecule has 0 bridgehead atoms. The van der Waals surface area contributed by atoms with Gasteiger partial charge in [-0.1, -0.05) is 12.1 Å². The molecule has 0 aliphatic carbocycles. The van der Waals surface area contributed by atoms with Crippen LogP contribution in [-0.2, 0) is 10.0 Å². The predicted octanol–water partition coefficient (Wildman–Crippen LogP) is 4.20. The highest BCUT2D eigenvalue weighted by molar-refractivity contribution is 7.92. The van der Waals surface area contributed by atoms with Crippen LogP contribution in [0.15, 0.2) is 64.9 Å². The monoisotopic (exact) mass is 457 g/mol. The van der Waals surface area contributed by atoms with Crippen LogP contribution in [0, 0.1) is 13.8 Å². The molecular weight excluding hydrogens is 430 g/mol. The molecule has 1 amide bonds. The number of anilines is 1. The third-order valence-electron chi connectivity index (χ3n) is 5.14. The quantitative estimate of drug-likeness (QED) is 0.531. The number of nitrogens with one attached hydrogen (secondary N) is 2. The number of aryl methyl sites for hydroxylation is 2. The molecule has 3 rings (SSSR count). The van der Waals surface area contributed by atoms with E-state index in [4.69, 9.17) is 0 Å². The summed E-state index contributed by atoms with van der Waals surface area (Å²) in [6.07, 6.45) is 0. The number of hydrogen-bond acceptors (Lipinski definition) is 5. The lowest BCUT2D eigenvalue weighted by atomic mass is 10.1. The number of carbonyl (C=O) groups is 1. The Labute approximate surface area is 188 Å². The molecule has 0 saturated carbocycles. The van der Waals surface area contributed by atoms with E-state index in [1.807, 2.05) is 39.4 Å². The second-order valence-electron chi connectivity index (χ2n) is 7.63. The lowest BCUT2D eigenvalue weighted by Gasteiger charge is -2.23. The molecule has 3 aromatic rings. The Kier molecular flexibility index (Phi) is 7.15. The van der Waals surface area contributed by atoms with E-state index in [1.165, 1.54) is 4.88 Å². The van der Waals surface area contributed by atoms with Gasteiger partial charge in [0.1, 0.15) is 0 Å². The SMILES string of the molecule is Cc1ccc(S(=O)(=O)Nc2ccc(C(=O)NCC(c3cccs3)N(C)C)cc2)cc1C. The average Bonchev–Trinajstić information content (AvgIpc) is 3.24. The van der Waals surface area contributed by atoms with E-state index >= 15 is 0 Å². The molecule has 164 valence electrons. The van der Waals surface area contributed by atoms with Gasteiger partial charge in [0, 0.05) is 22.7 Å². The molecule has 1 aromatic heterocycles. The molecule has 1 atom stereocenters. The van der Waals surface area contributed by atoms with Gasteiger partial charge in [-0.3, -0.25) is 9.52 Å². The van der Waals surface area contributed by atoms with Gasteiger partial charge in [0.05, 0.1) is 10.9 Å². The van der Waals surface area contributed by atoms with Crippen LogP contribution in [0.3, 0.4) is 0 Å². The molecule has 0 radical (unpaired) electrons. The van der Waals surface area contributed by atoms with E-state index in [2.05, 4.69) is 21.0 Å². The minimum Gasteiger partial charge on any atom is -0.350 e. The summed E-state index contributed by atoms with van der Waals surface area (Å²) in [5.41, 5.74) is 2.82. The van der Waals surface area contributed by atoms with Gasteiger partial charge < -0.3 is 10.2 Å². The van der Waals surface area contributed by atoms with E-state index in [1.54, 1.807) is 53.8 Å². The zero-order valence-corrected chi connectivity index (χ0v) is 19.7. The van der Waals surface area contributed by atoms with Crippen molar-refractivity contribution in [2.75, 3.05) is 25.4 Å². The van der Waals surface area contributed by atoms with E-state index in [-0.39, 0.29) is 16.8 Å². The average molecular weight is 458 g/mol. The molecule has 1 heterocycles. The summed E-state index contributed by atoms with van der Waals surface area (Å²) in [5.74, 6) is -0.202. The largest absolute Gasteiger partial charge is 0.350 e. The van der Waals surface area contributed by atoms with Crippen LogP contribution in [0.4, 0.5) is 5.69 Å². The number of hydrogen-bond donors (Lipinski definition) is 2. The molecule has 0 saturated heterocycles. The zero-order chi connectivity index (χ0) is 22.6. The van der Waals surface area contributed by atoms with Gasteiger partial charge in [0.25, 0.3) is 15.9 Å². The molecule has 6 nitrogen and oxygen atoms in total. The maximum absolute atomic E-state index is 12.6. The van der Waals surface area contributed by atoms with Crippen molar-refractivity contribution < 1.29 is 13.2 Å². The fraction of sp³-hybridized carbons (Fsp3) is 0.261. The molecule has 31 heavy (non-hydrogen) atoms. The van der Waals surface area contributed by atoms with Crippen LogP contribution in [0.5, 0.6) is 0 Å². The summed E-state index contributed by atoms with van der Waals surface area (Å²) in [6, 6.07) is 15.6. The number of carbonyl (C=O) groups excluding carboxylic acids is 1.